The van der Waals surface area contributed by atoms with E-state index in [1.165, 1.54) is 6.08 Å². The molecule has 0 saturated carbocycles. The van der Waals surface area contributed by atoms with E-state index in [-0.39, 0.29) is 17.7 Å². The van der Waals surface area contributed by atoms with Crippen molar-refractivity contribution in [2.45, 2.75) is 27.3 Å². The average molecular weight is 423 g/mol. The second-order valence-corrected chi connectivity index (χ2v) is 7.44. The SMILES string of the molecule is Cc1nn(Cc2ccc(Cl)cc2)c(Cl)c1C=CC(=O)NCCNC(=O)C(C)C. The molecular formula is C20H24Cl2N4O2. The number of carbonyl (C=O) groups excluding carboxylic acids is 2. The first-order valence-electron chi connectivity index (χ1n) is 8.99. The van der Waals surface area contributed by atoms with Gasteiger partial charge in [0.05, 0.1) is 12.2 Å². The number of amides is 2. The highest BCUT2D eigenvalue weighted by Crippen LogP contribution is 2.22. The Morgan fingerprint density at radius 3 is 2.43 bits per heavy atom. The van der Waals surface area contributed by atoms with E-state index >= 15 is 0 Å². The maximum Gasteiger partial charge on any atom is 0.244 e. The summed E-state index contributed by atoms with van der Waals surface area (Å²) in [5, 5.41) is 11.0. The van der Waals surface area contributed by atoms with Crippen LogP contribution >= 0.6 is 23.2 Å². The van der Waals surface area contributed by atoms with Gasteiger partial charge < -0.3 is 10.6 Å². The molecule has 2 N–H and O–H groups in total. The van der Waals surface area contributed by atoms with E-state index in [1.54, 1.807) is 10.8 Å². The van der Waals surface area contributed by atoms with Gasteiger partial charge in [-0.25, -0.2) is 4.68 Å². The van der Waals surface area contributed by atoms with Gasteiger partial charge in [0.15, 0.2) is 0 Å². The molecule has 6 nitrogen and oxygen atoms in total. The second kappa shape index (κ2) is 10.3. The number of aryl methyl sites for hydroxylation is 1. The van der Waals surface area contributed by atoms with Crippen molar-refractivity contribution < 1.29 is 9.59 Å². The molecule has 0 aliphatic carbocycles. The zero-order valence-electron chi connectivity index (χ0n) is 16.1. The van der Waals surface area contributed by atoms with Crippen LogP contribution in [0.1, 0.15) is 30.7 Å². The molecule has 150 valence electrons. The summed E-state index contributed by atoms with van der Waals surface area (Å²) in [5.74, 6) is -0.384. The van der Waals surface area contributed by atoms with Gasteiger partial charge in [-0.15, -0.1) is 0 Å². The molecule has 0 aliphatic heterocycles. The fraction of sp³-hybridized carbons (Fsp3) is 0.350. The molecule has 2 rings (SSSR count). The van der Waals surface area contributed by atoms with E-state index in [4.69, 9.17) is 23.2 Å². The van der Waals surface area contributed by atoms with Crippen LogP contribution in [0.4, 0.5) is 0 Å². The first-order valence-corrected chi connectivity index (χ1v) is 9.74. The van der Waals surface area contributed by atoms with Crippen LogP contribution < -0.4 is 10.6 Å². The number of rotatable bonds is 8. The van der Waals surface area contributed by atoms with Gasteiger partial charge in [0.1, 0.15) is 5.15 Å². The first kappa shape index (κ1) is 22.0. The Bertz CT molecular complexity index is 858. The zero-order valence-corrected chi connectivity index (χ0v) is 17.6. The van der Waals surface area contributed by atoms with E-state index in [0.717, 1.165) is 11.3 Å². The van der Waals surface area contributed by atoms with E-state index < -0.39 is 0 Å². The molecule has 8 heteroatoms. The molecule has 0 atom stereocenters. The van der Waals surface area contributed by atoms with Gasteiger partial charge in [-0.1, -0.05) is 49.2 Å². The minimum Gasteiger partial charge on any atom is -0.354 e. The number of halogens is 2. The summed E-state index contributed by atoms with van der Waals surface area (Å²) in [4.78, 5) is 23.4. The van der Waals surface area contributed by atoms with Crippen molar-refractivity contribution >= 4 is 41.1 Å². The third-order valence-electron chi connectivity index (χ3n) is 4.00. The molecule has 2 amide bonds. The largest absolute Gasteiger partial charge is 0.354 e. The Morgan fingerprint density at radius 1 is 1.14 bits per heavy atom. The summed E-state index contributed by atoms with van der Waals surface area (Å²) in [6.07, 6.45) is 3.05. The van der Waals surface area contributed by atoms with Crippen LogP contribution in [0.15, 0.2) is 30.3 Å². The fourth-order valence-electron chi connectivity index (χ4n) is 2.42. The van der Waals surface area contributed by atoms with E-state index in [2.05, 4.69) is 15.7 Å². The maximum atomic E-state index is 12.0. The lowest BCUT2D eigenvalue weighted by Gasteiger charge is -2.07. The minimum absolute atomic E-state index is 0.0414. The van der Waals surface area contributed by atoms with Crippen molar-refractivity contribution in [1.82, 2.24) is 20.4 Å². The van der Waals surface area contributed by atoms with Crippen molar-refractivity contribution in [3.05, 3.63) is 57.3 Å². The standard InChI is InChI=1S/C20H24Cl2N4O2/c1-13(2)20(28)24-11-10-23-18(27)9-8-17-14(3)25-26(19(17)22)12-15-4-6-16(21)7-5-15/h4-9,13H,10-12H2,1-3H3,(H,23,27)(H,24,28). The molecule has 0 radical (unpaired) electrons. The molecular weight excluding hydrogens is 399 g/mol. The van der Waals surface area contributed by atoms with Crippen molar-refractivity contribution in [3.63, 3.8) is 0 Å². The van der Waals surface area contributed by atoms with Crippen LogP contribution in [0.5, 0.6) is 0 Å². The van der Waals surface area contributed by atoms with Crippen LogP contribution in [0.3, 0.4) is 0 Å². The highest BCUT2D eigenvalue weighted by atomic mass is 35.5. The number of benzene rings is 1. The Balaban J connectivity index is 1.92. The normalized spacial score (nSPS) is 11.2. The minimum atomic E-state index is -0.264. The van der Waals surface area contributed by atoms with Gasteiger partial charge in [0.2, 0.25) is 11.8 Å². The topological polar surface area (TPSA) is 76.0 Å². The quantitative estimate of drug-likeness (QED) is 0.505. The molecule has 0 spiro atoms. The monoisotopic (exact) mass is 422 g/mol. The van der Waals surface area contributed by atoms with Crippen molar-refractivity contribution in [1.29, 1.82) is 0 Å². The number of hydrogen-bond donors (Lipinski definition) is 2. The van der Waals surface area contributed by atoms with Gasteiger partial charge in [-0.3, -0.25) is 9.59 Å². The van der Waals surface area contributed by atoms with E-state index in [1.807, 2.05) is 45.0 Å². The van der Waals surface area contributed by atoms with Gasteiger partial charge in [-0.2, -0.15) is 5.10 Å². The molecule has 1 aromatic heterocycles. The number of aromatic nitrogens is 2. The number of hydrogen-bond acceptors (Lipinski definition) is 3. The lowest BCUT2D eigenvalue weighted by atomic mass is 10.2. The molecule has 28 heavy (non-hydrogen) atoms. The molecule has 2 aromatic rings. The Hall–Kier alpha value is -2.31. The molecule has 0 bridgehead atoms. The number of nitrogens with one attached hydrogen (secondary N) is 2. The van der Waals surface area contributed by atoms with Gasteiger partial charge in [0.25, 0.3) is 0 Å². The predicted molar refractivity (Wildman–Crippen MR) is 112 cm³/mol. The highest BCUT2D eigenvalue weighted by molar-refractivity contribution is 6.31. The summed E-state index contributed by atoms with van der Waals surface area (Å²) >= 11 is 12.3. The van der Waals surface area contributed by atoms with Crippen molar-refractivity contribution in [3.8, 4) is 0 Å². The third-order valence-corrected chi connectivity index (χ3v) is 4.65. The molecule has 1 aromatic carbocycles. The summed E-state index contributed by atoms with van der Waals surface area (Å²) in [5.41, 5.74) is 2.44. The lowest BCUT2D eigenvalue weighted by molar-refractivity contribution is -0.124. The zero-order chi connectivity index (χ0) is 20.7. The summed E-state index contributed by atoms with van der Waals surface area (Å²) in [7, 11) is 0. The fourth-order valence-corrected chi connectivity index (χ4v) is 2.84. The third kappa shape index (κ3) is 6.39. The van der Waals surface area contributed by atoms with Crippen LogP contribution in [-0.4, -0.2) is 34.7 Å². The average Bonchev–Trinajstić information content (AvgIpc) is 2.91. The lowest BCUT2D eigenvalue weighted by Crippen LogP contribution is -2.35. The Kier molecular flexibility index (Phi) is 8.08. The van der Waals surface area contributed by atoms with Crippen LogP contribution in [0, 0.1) is 12.8 Å². The number of nitrogens with zero attached hydrogens (tertiary/aromatic N) is 2. The maximum absolute atomic E-state index is 12.0. The Labute approximate surface area is 174 Å². The second-order valence-electron chi connectivity index (χ2n) is 6.64. The van der Waals surface area contributed by atoms with E-state index in [9.17, 15) is 9.59 Å². The molecule has 0 unspecified atom stereocenters. The highest BCUT2D eigenvalue weighted by Gasteiger charge is 2.12. The first-order chi connectivity index (χ1) is 13.3. The molecule has 1 heterocycles. The van der Waals surface area contributed by atoms with Gasteiger partial charge in [0, 0.05) is 35.7 Å². The summed E-state index contributed by atoms with van der Waals surface area (Å²) < 4.78 is 1.68. The van der Waals surface area contributed by atoms with Crippen LogP contribution in [-0.2, 0) is 16.1 Å². The van der Waals surface area contributed by atoms with Crippen molar-refractivity contribution in [2.24, 2.45) is 5.92 Å². The molecule has 0 fully saturated rings. The predicted octanol–water partition coefficient (Wildman–Crippen LogP) is 3.45. The number of carbonyl (C=O) groups is 2. The smallest absolute Gasteiger partial charge is 0.244 e. The van der Waals surface area contributed by atoms with Crippen LogP contribution in [0.25, 0.3) is 6.08 Å². The van der Waals surface area contributed by atoms with Gasteiger partial charge in [-0.05, 0) is 30.7 Å². The van der Waals surface area contributed by atoms with E-state index in [0.29, 0.717) is 35.4 Å². The summed E-state index contributed by atoms with van der Waals surface area (Å²) in [6.45, 7) is 6.71. The Morgan fingerprint density at radius 2 is 1.79 bits per heavy atom. The van der Waals surface area contributed by atoms with Crippen LogP contribution in [0.2, 0.25) is 10.2 Å². The summed E-state index contributed by atoms with van der Waals surface area (Å²) in [6, 6.07) is 7.46. The molecule has 0 aliphatic rings. The van der Waals surface area contributed by atoms with Crippen molar-refractivity contribution in [2.75, 3.05) is 13.1 Å². The van der Waals surface area contributed by atoms with Gasteiger partial charge >= 0.3 is 0 Å². The molecule has 0 saturated heterocycles.